The summed E-state index contributed by atoms with van der Waals surface area (Å²) in [5.74, 6) is 0.838. The van der Waals surface area contributed by atoms with Gasteiger partial charge in [0.25, 0.3) is 0 Å². The van der Waals surface area contributed by atoms with Gasteiger partial charge in [0.15, 0.2) is 0 Å². The number of nitrogens with zero attached hydrogens (tertiary/aromatic N) is 1. The lowest BCUT2D eigenvalue weighted by Gasteiger charge is -2.27. The molecule has 70 valence electrons. The molecule has 2 aliphatic rings. The topological polar surface area (TPSA) is 12.5 Å². The zero-order valence-electron chi connectivity index (χ0n) is 8.12. The highest BCUT2D eigenvalue weighted by molar-refractivity contribution is 4.91. The van der Waals surface area contributed by atoms with Crippen LogP contribution in [0.15, 0.2) is 0 Å². The van der Waals surface area contributed by atoms with Crippen LogP contribution in [0.1, 0.15) is 26.7 Å². The molecule has 2 aliphatic heterocycles. The number of hydrogen-bond acceptors (Lipinski definition) is 2. The number of rotatable bonds is 3. The van der Waals surface area contributed by atoms with Gasteiger partial charge in [0.2, 0.25) is 0 Å². The molecular weight excluding hydrogens is 150 g/mol. The maximum Gasteiger partial charge on any atom is 0.0718 e. The molecule has 0 aromatic rings. The Labute approximate surface area is 74.9 Å². The fraction of sp³-hybridized carbons (Fsp3) is 1.00. The molecule has 0 N–H and O–H groups in total. The van der Waals surface area contributed by atoms with E-state index in [9.17, 15) is 0 Å². The first-order valence-corrected chi connectivity index (χ1v) is 5.11. The average Bonchev–Trinajstić information content (AvgIpc) is 2.60. The maximum atomic E-state index is 5.55. The van der Waals surface area contributed by atoms with E-state index in [-0.39, 0.29) is 0 Å². The summed E-state index contributed by atoms with van der Waals surface area (Å²) in [7, 11) is 0. The summed E-state index contributed by atoms with van der Waals surface area (Å²) in [5.41, 5.74) is 0. The minimum Gasteiger partial charge on any atom is -0.375 e. The molecule has 0 aromatic carbocycles. The van der Waals surface area contributed by atoms with Crippen LogP contribution in [0.25, 0.3) is 0 Å². The Kier molecular flexibility index (Phi) is 2.37. The second-order valence-electron chi connectivity index (χ2n) is 4.52. The SMILES string of the molecule is CC(C)CCN1C[C@@H]2C[C@H]1CO2. The Bertz CT molecular complexity index is 158. The largest absolute Gasteiger partial charge is 0.375 e. The van der Waals surface area contributed by atoms with Crippen molar-refractivity contribution in [2.24, 2.45) is 5.92 Å². The quantitative estimate of drug-likeness (QED) is 0.635. The van der Waals surface area contributed by atoms with Gasteiger partial charge in [0.1, 0.15) is 0 Å². The summed E-state index contributed by atoms with van der Waals surface area (Å²) in [6.45, 7) is 8.05. The molecule has 0 amide bonds. The number of hydrogen-bond donors (Lipinski definition) is 0. The first-order chi connectivity index (χ1) is 5.75. The summed E-state index contributed by atoms with van der Waals surface area (Å²) in [6.07, 6.45) is 3.20. The normalized spacial score (nSPS) is 35.2. The fourth-order valence-corrected chi connectivity index (χ4v) is 2.18. The molecular formula is C10H19NO. The predicted octanol–water partition coefficient (Wildman–Crippen LogP) is 1.51. The van der Waals surface area contributed by atoms with E-state index in [0.717, 1.165) is 18.6 Å². The minimum absolute atomic E-state index is 0.571. The van der Waals surface area contributed by atoms with Crippen molar-refractivity contribution >= 4 is 0 Å². The smallest absolute Gasteiger partial charge is 0.0718 e. The van der Waals surface area contributed by atoms with Crippen molar-refractivity contribution in [2.45, 2.75) is 38.8 Å². The molecule has 0 aromatic heterocycles. The molecule has 2 heterocycles. The highest BCUT2D eigenvalue weighted by atomic mass is 16.5. The van der Waals surface area contributed by atoms with Crippen LogP contribution in [0.5, 0.6) is 0 Å². The van der Waals surface area contributed by atoms with E-state index in [1.807, 2.05) is 0 Å². The van der Waals surface area contributed by atoms with Gasteiger partial charge >= 0.3 is 0 Å². The Hall–Kier alpha value is -0.0800. The van der Waals surface area contributed by atoms with Crippen molar-refractivity contribution in [3.8, 4) is 0 Å². The lowest BCUT2D eigenvalue weighted by molar-refractivity contribution is 0.0290. The van der Waals surface area contributed by atoms with Crippen LogP contribution in [0.4, 0.5) is 0 Å². The van der Waals surface area contributed by atoms with E-state index in [4.69, 9.17) is 4.74 Å². The zero-order chi connectivity index (χ0) is 8.55. The number of likely N-dealkylation sites (tertiary alicyclic amines) is 1. The lowest BCUT2D eigenvalue weighted by Crippen LogP contribution is -2.37. The molecule has 0 saturated carbocycles. The predicted molar refractivity (Wildman–Crippen MR) is 49.2 cm³/mol. The van der Waals surface area contributed by atoms with Crippen LogP contribution in [0, 0.1) is 5.92 Å². The standard InChI is InChI=1S/C10H19NO/c1-8(2)3-4-11-6-10-5-9(11)7-12-10/h8-10H,3-7H2,1-2H3/t9-,10-/m0/s1. The van der Waals surface area contributed by atoms with Gasteiger partial charge in [-0.15, -0.1) is 0 Å². The monoisotopic (exact) mass is 169 g/mol. The van der Waals surface area contributed by atoms with Gasteiger partial charge in [0.05, 0.1) is 12.7 Å². The lowest BCUT2D eigenvalue weighted by atomic mass is 10.1. The third-order valence-corrected chi connectivity index (χ3v) is 3.01. The first-order valence-electron chi connectivity index (χ1n) is 5.11. The van der Waals surface area contributed by atoms with E-state index in [0.29, 0.717) is 6.10 Å². The van der Waals surface area contributed by atoms with Gasteiger partial charge in [-0.3, -0.25) is 4.90 Å². The van der Waals surface area contributed by atoms with Crippen LogP contribution < -0.4 is 0 Å². The molecule has 2 saturated heterocycles. The molecule has 0 radical (unpaired) electrons. The van der Waals surface area contributed by atoms with Crippen molar-refractivity contribution < 1.29 is 4.74 Å². The van der Waals surface area contributed by atoms with E-state index in [2.05, 4.69) is 18.7 Å². The van der Waals surface area contributed by atoms with Crippen LogP contribution in [-0.4, -0.2) is 36.7 Å². The van der Waals surface area contributed by atoms with Gasteiger partial charge in [-0.25, -0.2) is 0 Å². The first kappa shape index (κ1) is 8.52. The van der Waals surface area contributed by atoms with Crippen molar-refractivity contribution in [3.05, 3.63) is 0 Å². The molecule has 2 heteroatoms. The molecule has 0 unspecified atom stereocenters. The van der Waals surface area contributed by atoms with E-state index in [1.165, 1.54) is 25.9 Å². The third kappa shape index (κ3) is 1.64. The fourth-order valence-electron chi connectivity index (χ4n) is 2.18. The van der Waals surface area contributed by atoms with E-state index >= 15 is 0 Å². The second kappa shape index (κ2) is 3.35. The number of morpholine rings is 1. The summed E-state index contributed by atoms with van der Waals surface area (Å²) in [5, 5.41) is 0. The van der Waals surface area contributed by atoms with Crippen LogP contribution >= 0.6 is 0 Å². The molecule has 12 heavy (non-hydrogen) atoms. The Morgan fingerprint density at radius 3 is 2.83 bits per heavy atom. The Morgan fingerprint density at radius 1 is 1.50 bits per heavy atom. The minimum atomic E-state index is 0.571. The van der Waals surface area contributed by atoms with Gasteiger partial charge in [-0.1, -0.05) is 13.8 Å². The molecule has 0 aliphatic carbocycles. The number of fused-ring (bicyclic) bond motifs is 2. The van der Waals surface area contributed by atoms with E-state index in [1.54, 1.807) is 0 Å². The highest BCUT2D eigenvalue weighted by Crippen LogP contribution is 2.27. The third-order valence-electron chi connectivity index (χ3n) is 3.01. The van der Waals surface area contributed by atoms with Crippen LogP contribution in [0.2, 0.25) is 0 Å². The van der Waals surface area contributed by atoms with Crippen molar-refractivity contribution in [1.29, 1.82) is 0 Å². The summed E-state index contributed by atoms with van der Waals surface area (Å²) in [6, 6.07) is 0.758. The summed E-state index contributed by atoms with van der Waals surface area (Å²) < 4.78 is 5.55. The van der Waals surface area contributed by atoms with Gasteiger partial charge < -0.3 is 4.74 Å². The van der Waals surface area contributed by atoms with Gasteiger partial charge in [-0.2, -0.15) is 0 Å². The summed E-state index contributed by atoms with van der Waals surface area (Å²) >= 11 is 0. The second-order valence-corrected chi connectivity index (χ2v) is 4.52. The molecule has 2 nitrogen and oxygen atoms in total. The summed E-state index contributed by atoms with van der Waals surface area (Å²) in [4.78, 5) is 2.61. The Balaban J connectivity index is 1.76. The van der Waals surface area contributed by atoms with Crippen molar-refractivity contribution in [2.75, 3.05) is 19.7 Å². The molecule has 2 rings (SSSR count). The van der Waals surface area contributed by atoms with Crippen molar-refractivity contribution in [1.82, 2.24) is 4.90 Å². The average molecular weight is 169 g/mol. The van der Waals surface area contributed by atoms with Crippen LogP contribution in [0.3, 0.4) is 0 Å². The van der Waals surface area contributed by atoms with E-state index < -0.39 is 0 Å². The van der Waals surface area contributed by atoms with Gasteiger partial charge in [0, 0.05) is 12.6 Å². The maximum absolute atomic E-state index is 5.55. The zero-order valence-corrected chi connectivity index (χ0v) is 8.12. The number of ether oxygens (including phenoxy) is 1. The molecule has 2 bridgehead atoms. The molecule has 2 fully saturated rings. The Morgan fingerprint density at radius 2 is 2.33 bits per heavy atom. The van der Waals surface area contributed by atoms with Gasteiger partial charge in [-0.05, 0) is 25.3 Å². The molecule has 0 spiro atoms. The van der Waals surface area contributed by atoms with Crippen molar-refractivity contribution in [3.63, 3.8) is 0 Å². The molecule has 2 atom stereocenters. The van der Waals surface area contributed by atoms with Crippen LogP contribution in [-0.2, 0) is 4.74 Å². The highest BCUT2D eigenvalue weighted by Gasteiger charge is 2.38.